The zero-order chi connectivity index (χ0) is 31.4. The van der Waals surface area contributed by atoms with Crippen LogP contribution in [0.3, 0.4) is 0 Å². The maximum Gasteiger partial charge on any atom is 0.344 e. The maximum absolute atomic E-state index is 12.4. The highest BCUT2D eigenvalue weighted by molar-refractivity contribution is 5.95. The molecule has 2 aromatic rings. The Morgan fingerprint density at radius 2 is 1.77 bits per heavy atom. The second kappa shape index (κ2) is 15.9. The minimum absolute atomic E-state index is 0.183. The third-order valence-corrected chi connectivity index (χ3v) is 5.95. The van der Waals surface area contributed by atoms with Crippen LogP contribution >= 0.6 is 0 Å². The molecule has 1 heterocycles. The van der Waals surface area contributed by atoms with E-state index >= 15 is 0 Å². The first-order chi connectivity index (χ1) is 20.7. The lowest BCUT2D eigenvalue weighted by Crippen LogP contribution is -2.45. The van der Waals surface area contributed by atoms with E-state index in [9.17, 15) is 19.5 Å². The fourth-order valence-electron chi connectivity index (χ4n) is 4.04. The van der Waals surface area contributed by atoms with Gasteiger partial charge < -0.3 is 44.2 Å². The zero-order valence-electron chi connectivity index (χ0n) is 24.6. The van der Waals surface area contributed by atoms with Crippen molar-refractivity contribution >= 4 is 24.2 Å². The van der Waals surface area contributed by atoms with Crippen LogP contribution < -0.4 is 35.0 Å². The fraction of sp³-hybridized carbons (Fsp3) is 0.379. The number of benzene rings is 2. The Hall–Kier alpha value is -4.98. The monoisotopic (exact) mass is 600 g/mol. The number of carbonyl (C=O) groups excluding carboxylic acids is 3. The van der Waals surface area contributed by atoms with E-state index in [1.165, 1.54) is 20.4 Å². The molecule has 2 atom stereocenters. The Kier molecular flexibility index (Phi) is 12.0. The molecule has 0 unspecified atom stereocenters. The Morgan fingerprint density at radius 1 is 1.02 bits per heavy atom. The first-order valence-corrected chi connectivity index (χ1v) is 13.4. The van der Waals surface area contributed by atoms with E-state index in [4.69, 9.17) is 28.4 Å². The molecular formula is C29H36N4O10. The number of hydrogen-bond acceptors (Lipinski definition) is 12. The van der Waals surface area contributed by atoms with Gasteiger partial charge in [-0.25, -0.2) is 14.4 Å². The van der Waals surface area contributed by atoms with Crippen LogP contribution in [0, 0.1) is 0 Å². The van der Waals surface area contributed by atoms with Crippen molar-refractivity contribution in [2.45, 2.75) is 33.0 Å². The van der Waals surface area contributed by atoms with Gasteiger partial charge in [-0.15, -0.1) is 0 Å². The standard InChI is InChI=1S/C29H36N4O10/c1-6-40-23-13-19(27-26(28(36)39-5)17(3)31-29(37)32-27)9-11-21(23)42-15-24(34)33-30-14-18-8-10-20(22(12-18)38-4)43-16-25(35)41-7-2/h8-14,24,27,33-34H,6-7,15-16H2,1-5H3,(H2,31,32,37)/b30-14-/t24-,27-/m0/s1. The van der Waals surface area contributed by atoms with Gasteiger partial charge in [-0.2, -0.15) is 5.10 Å². The smallest absolute Gasteiger partial charge is 0.344 e. The van der Waals surface area contributed by atoms with Crippen molar-refractivity contribution < 1.29 is 47.9 Å². The molecule has 14 nitrogen and oxygen atoms in total. The minimum Gasteiger partial charge on any atom is -0.493 e. The second-order valence-corrected chi connectivity index (χ2v) is 8.92. The lowest BCUT2D eigenvalue weighted by molar-refractivity contribution is -0.145. The van der Waals surface area contributed by atoms with Crippen molar-refractivity contribution in [3.63, 3.8) is 0 Å². The summed E-state index contributed by atoms with van der Waals surface area (Å²) in [5, 5.41) is 19.7. The average molecular weight is 601 g/mol. The summed E-state index contributed by atoms with van der Waals surface area (Å²) in [4.78, 5) is 36.1. The highest BCUT2D eigenvalue weighted by Gasteiger charge is 2.32. The SMILES string of the molecule is CCOC(=O)COc1ccc(/C=N\N[C@@H](O)COc2ccc([C@@H]3NC(=O)NC(C)=C3C(=O)OC)cc2OCC)cc1OC. The third kappa shape index (κ3) is 9.00. The molecule has 43 heavy (non-hydrogen) atoms. The van der Waals surface area contributed by atoms with Gasteiger partial charge in [0.1, 0.15) is 6.61 Å². The summed E-state index contributed by atoms with van der Waals surface area (Å²) in [7, 11) is 2.73. The molecule has 0 spiro atoms. The van der Waals surface area contributed by atoms with Crippen molar-refractivity contribution in [2.24, 2.45) is 5.10 Å². The molecule has 2 aromatic carbocycles. The summed E-state index contributed by atoms with van der Waals surface area (Å²) in [6, 6.07) is 8.68. The Morgan fingerprint density at radius 3 is 2.47 bits per heavy atom. The number of nitrogens with one attached hydrogen (secondary N) is 3. The Balaban J connectivity index is 1.63. The van der Waals surface area contributed by atoms with Gasteiger partial charge in [-0.1, -0.05) is 6.07 Å². The summed E-state index contributed by atoms with van der Waals surface area (Å²) in [6.07, 6.45) is 0.280. The molecule has 4 N–H and O–H groups in total. The van der Waals surface area contributed by atoms with Crippen LogP contribution in [0.25, 0.3) is 0 Å². The molecule has 3 rings (SSSR count). The van der Waals surface area contributed by atoms with E-state index in [0.29, 0.717) is 46.4 Å². The first kappa shape index (κ1) is 32.5. The molecule has 0 saturated carbocycles. The molecule has 0 saturated heterocycles. The number of esters is 2. The third-order valence-electron chi connectivity index (χ3n) is 5.95. The summed E-state index contributed by atoms with van der Waals surface area (Å²) in [6.45, 7) is 5.26. The predicted molar refractivity (Wildman–Crippen MR) is 154 cm³/mol. The van der Waals surface area contributed by atoms with E-state index in [-0.39, 0.29) is 25.4 Å². The number of ether oxygens (including phenoxy) is 6. The second-order valence-electron chi connectivity index (χ2n) is 8.92. The van der Waals surface area contributed by atoms with Gasteiger partial charge in [-0.05, 0) is 62.2 Å². The molecule has 1 aliphatic rings. The molecule has 0 radical (unpaired) electrons. The van der Waals surface area contributed by atoms with Crippen LogP contribution in [-0.4, -0.2) is 76.2 Å². The number of carbonyl (C=O) groups is 3. The average Bonchev–Trinajstić information content (AvgIpc) is 2.99. The van der Waals surface area contributed by atoms with Crippen LogP contribution in [0.1, 0.15) is 37.9 Å². The van der Waals surface area contributed by atoms with E-state index in [1.807, 2.05) is 0 Å². The number of nitrogens with zero attached hydrogens (tertiary/aromatic N) is 1. The van der Waals surface area contributed by atoms with Gasteiger partial charge >= 0.3 is 18.0 Å². The van der Waals surface area contributed by atoms with Crippen molar-refractivity contribution in [3.05, 3.63) is 58.8 Å². The summed E-state index contributed by atoms with van der Waals surface area (Å²) in [5.41, 5.74) is 4.41. The summed E-state index contributed by atoms with van der Waals surface area (Å²) < 4.78 is 32.0. The largest absolute Gasteiger partial charge is 0.493 e. The number of hydrazone groups is 1. The molecular weight excluding hydrogens is 564 g/mol. The molecule has 232 valence electrons. The van der Waals surface area contributed by atoms with E-state index in [1.54, 1.807) is 57.2 Å². The Bertz CT molecular complexity index is 1360. The van der Waals surface area contributed by atoms with E-state index in [0.717, 1.165) is 0 Å². The highest BCUT2D eigenvalue weighted by atomic mass is 16.6. The zero-order valence-corrected chi connectivity index (χ0v) is 24.6. The number of rotatable bonds is 15. The van der Waals surface area contributed by atoms with Gasteiger partial charge in [0.25, 0.3) is 0 Å². The normalized spacial score (nSPS) is 15.2. The van der Waals surface area contributed by atoms with Crippen LogP contribution in [0.15, 0.2) is 52.8 Å². The topological polar surface area (TPSA) is 175 Å². The Labute approximate surface area is 248 Å². The predicted octanol–water partition coefficient (Wildman–Crippen LogP) is 2.16. The molecule has 0 aromatic heterocycles. The summed E-state index contributed by atoms with van der Waals surface area (Å²) in [5.74, 6) is 0.356. The van der Waals surface area contributed by atoms with Crippen LogP contribution in [0.5, 0.6) is 23.0 Å². The lowest BCUT2D eigenvalue weighted by Gasteiger charge is -2.28. The van der Waals surface area contributed by atoms with Gasteiger partial charge in [0.2, 0.25) is 0 Å². The lowest BCUT2D eigenvalue weighted by atomic mass is 9.95. The van der Waals surface area contributed by atoms with Gasteiger partial charge in [-0.3, -0.25) is 5.43 Å². The van der Waals surface area contributed by atoms with Crippen molar-refractivity contribution in [1.82, 2.24) is 16.1 Å². The van der Waals surface area contributed by atoms with E-state index < -0.39 is 30.2 Å². The number of urea groups is 1. The summed E-state index contributed by atoms with van der Waals surface area (Å²) >= 11 is 0. The molecule has 0 aliphatic carbocycles. The van der Waals surface area contributed by atoms with Crippen LogP contribution in [0.4, 0.5) is 4.79 Å². The van der Waals surface area contributed by atoms with Crippen LogP contribution in [-0.2, 0) is 19.1 Å². The minimum atomic E-state index is -1.18. The van der Waals surface area contributed by atoms with Crippen molar-refractivity contribution in [1.29, 1.82) is 0 Å². The van der Waals surface area contributed by atoms with Gasteiger partial charge in [0.05, 0.1) is 45.3 Å². The highest BCUT2D eigenvalue weighted by Crippen LogP contribution is 2.35. The number of hydrogen-bond donors (Lipinski definition) is 4. The molecule has 14 heteroatoms. The number of methoxy groups -OCH3 is 2. The maximum atomic E-state index is 12.4. The quantitative estimate of drug-likeness (QED) is 0.102. The molecule has 0 fully saturated rings. The number of aliphatic hydroxyl groups is 1. The van der Waals surface area contributed by atoms with Crippen LogP contribution in [0.2, 0.25) is 0 Å². The number of aliphatic hydroxyl groups excluding tert-OH is 1. The van der Waals surface area contributed by atoms with Crippen molar-refractivity contribution in [3.8, 4) is 23.0 Å². The van der Waals surface area contributed by atoms with E-state index in [2.05, 4.69) is 21.2 Å². The molecule has 2 amide bonds. The van der Waals surface area contributed by atoms with Gasteiger partial charge in [0.15, 0.2) is 35.8 Å². The number of allylic oxidation sites excluding steroid dienone is 1. The van der Waals surface area contributed by atoms with Gasteiger partial charge in [0, 0.05) is 5.70 Å². The number of amides is 2. The first-order valence-electron chi connectivity index (χ1n) is 13.4. The fourth-order valence-corrected chi connectivity index (χ4v) is 4.04. The van der Waals surface area contributed by atoms with Crippen molar-refractivity contribution in [2.75, 3.05) is 40.6 Å². The molecule has 0 bridgehead atoms. The molecule has 1 aliphatic heterocycles.